The van der Waals surface area contributed by atoms with Gasteiger partial charge in [0.05, 0.1) is 21.8 Å². The monoisotopic (exact) mass is 237 g/mol. The second kappa shape index (κ2) is 5.41. The fourth-order valence-corrected chi connectivity index (χ4v) is 2.02. The highest BCUT2D eigenvalue weighted by Gasteiger charge is 2.22. The second-order valence-electron chi connectivity index (χ2n) is 4.62. The Morgan fingerprint density at radius 2 is 1.88 bits per heavy atom. The van der Waals surface area contributed by atoms with Gasteiger partial charge in [0.2, 0.25) is 0 Å². The molecule has 0 fully saturated rings. The van der Waals surface area contributed by atoms with Gasteiger partial charge in [-0.1, -0.05) is 36.4 Å². The number of rotatable bonds is 4. The van der Waals surface area contributed by atoms with E-state index >= 15 is 0 Å². The first kappa shape index (κ1) is 13.1. The first-order valence-electron chi connectivity index (χ1n) is 5.30. The van der Waals surface area contributed by atoms with Crippen LogP contribution < -0.4 is 4.72 Å². The van der Waals surface area contributed by atoms with E-state index in [0.717, 1.165) is 5.56 Å². The highest BCUT2D eigenvalue weighted by atomic mass is 32.2. The molecular weight excluding hydrogens is 218 g/mol. The molecule has 1 unspecified atom stereocenters. The molecule has 0 amide bonds. The molecule has 2 nitrogen and oxygen atoms in total. The van der Waals surface area contributed by atoms with Crippen LogP contribution in [-0.2, 0) is 11.0 Å². The summed E-state index contributed by atoms with van der Waals surface area (Å²) in [6, 6.07) is 9.82. The number of hydrogen-bond donors (Lipinski definition) is 1. The summed E-state index contributed by atoms with van der Waals surface area (Å²) >= 11 is 0. The van der Waals surface area contributed by atoms with Crippen molar-refractivity contribution in [3.8, 4) is 0 Å². The van der Waals surface area contributed by atoms with E-state index in [2.05, 4.69) is 11.3 Å². The predicted octanol–water partition coefficient (Wildman–Crippen LogP) is 2.97. The van der Waals surface area contributed by atoms with Crippen molar-refractivity contribution in [2.45, 2.75) is 31.6 Å². The molecule has 0 aliphatic carbocycles. The van der Waals surface area contributed by atoms with Crippen molar-refractivity contribution < 1.29 is 4.21 Å². The maximum Gasteiger partial charge on any atom is 0.0978 e. The maximum absolute atomic E-state index is 12.0. The predicted molar refractivity (Wildman–Crippen MR) is 70.4 cm³/mol. The molecule has 3 heteroatoms. The van der Waals surface area contributed by atoms with Gasteiger partial charge >= 0.3 is 0 Å². The van der Waals surface area contributed by atoms with E-state index in [1.165, 1.54) is 0 Å². The largest absolute Gasteiger partial charge is 0.242 e. The standard InChI is InChI=1S/C13H19NOS/c1-5-12(11-9-7-6-8-10-11)14-16(15)13(2,3)4/h5-10,12,14H,1H2,2-4H3/t12-,16?/m0/s1. The Bertz CT molecular complexity index is 367. The van der Waals surface area contributed by atoms with Gasteiger partial charge in [-0.3, -0.25) is 0 Å². The van der Waals surface area contributed by atoms with Crippen molar-refractivity contribution >= 4 is 11.0 Å². The molecule has 1 rings (SSSR count). The van der Waals surface area contributed by atoms with Gasteiger partial charge in [0.25, 0.3) is 0 Å². The molecule has 0 saturated heterocycles. The fraction of sp³-hybridized carbons (Fsp3) is 0.385. The van der Waals surface area contributed by atoms with Crippen molar-refractivity contribution in [1.82, 2.24) is 4.72 Å². The number of hydrogen-bond acceptors (Lipinski definition) is 1. The summed E-state index contributed by atoms with van der Waals surface area (Å²) in [6.07, 6.45) is 1.78. The zero-order valence-electron chi connectivity index (χ0n) is 10.1. The van der Waals surface area contributed by atoms with Gasteiger partial charge in [0.15, 0.2) is 0 Å². The first-order valence-corrected chi connectivity index (χ1v) is 6.45. The molecule has 16 heavy (non-hydrogen) atoms. The Morgan fingerprint density at radius 1 is 1.31 bits per heavy atom. The summed E-state index contributed by atoms with van der Waals surface area (Å²) in [5.41, 5.74) is 1.08. The van der Waals surface area contributed by atoms with E-state index in [0.29, 0.717) is 0 Å². The quantitative estimate of drug-likeness (QED) is 0.801. The van der Waals surface area contributed by atoms with Crippen molar-refractivity contribution in [2.24, 2.45) is 0 Å². The van der Waals surface area contributed by atoms with Crippen LogP contribution in [0.25, 0.3) is 0 Å². The van der Waals surface area contributed by atoms with Crippen LogP contribution in [-0.4, -0.2) is 8.96 Å². The van der Waals surface area contributed by atoms with E-state index in [1.807, 2.05) is 51.1 Å². The molecule has 0 saturated carbocycles. The molecule has 2 atom stereocenters. The number of benzene rings is 1. The number of nitrogens with one attached hydrogen (secondary N) is 1. The topological polar surface area (TPSA) is 29.1 Å². The van der Waals surface area contributed by atoms with Crippen LogP contribution in [0.3, 0.4) is 0 Å². The zero-order chi connectivity index (χ0) is 12.2. The molecule has 1 aromatic carbocycles. The lowest BCUT2D eigenvalue weighted by atomic mass is 10.1. The van der Waals surface area contributed by atoms with E-state index in [-0.39, 0.29) is 10.8 Å². The van der Waals surface area contributed by atoms with Gasteiger partial charge < -0.3 is 0 Å². The summed E-state index contributed by atoms with van der Waals surface area (Å²) in [5.74, 6) is 0. The first-order chi connectivity index (χ1) is 7.45. The van der Waals surface area contributed by atoms with Crippen LogP contribution >= 0.6 is 0 Å². The molecule has 0 radical (unpaired) electrons. The van der Waals surface area contributed by atoms with Crippen LogP contribution in [0.5, 0.6) is 0 Å². The third-order valence-corrected chi connectivity index (χ3v) is 3.76. The Hall–Kier alpha value is -0.930. The molecule has 0 aliphatic rings. The Labute approximate surface area is 100 Å². The molecule has 0 heterocycles. The van der Waals surface area contributed by atoms with E-state index < -0.39 is 11.0 Å². The molecular formula is C13H19NOS. The third kappa shape index (κ3) is 3.58. The van der Waals surface area contributed by atoms with Gasteiger partial charge in [-0.2, -0.15) is 0 Å². The van der Waals surface area contributed by atoms with E-state index in [9.17, 15) is 4.21 Å². The summed E-state index contributed by atoms with van der Waals surface area (Å²) in [6.45, 7) is 9.61. The van der Waals surface area contributed by atoms with Crippen molar-refractivity contribution in [3.05, 3.63) is 48.6 Å². The van der Waals surface area contributed by atoms with Crippen LogP contribution in [0.1, 0.15) is 32.4 Å². The second-order valence-corrected chi connectivity index (χ2v) is 6.62. The van der Waals surface area contributed by atoms with Crippen LogP contribution in [0.4, 0.5) is 0 Å². The molecule has 1 N–H and O–H groups in total. The maximum atomic E-state index is 12.0. The lowest BCUT2D eigenvalue weighted by Crippen LogP contribution is -2.35. The zero-order valence-corrected chi connectivity index (χ0v) is 10.9. The van der Waals surface area contributed by atoms with E-state index in [1.54, 1.807) is 6.08 Å². The Kier molecular flexibility index (Phi) is 4.44. The SMILES string of the molecule is C=C[C@H](NS(=O)C(C)(C)C)c1ccccc1. The molecule has 0 aliphatic heterocycles. The summed E-state index contributed by atoms with van der Waals surface area (Å²) in [4.78, 5) is 0. The Morgan fingerprint density at radius 3 is 2.31 bits per heavy atom. The average Bonchev–Trinajstić information content (AvgIpc) is 2.25. The highest BCUT2D eigenvalue weighted by Crippen LogP contribution is 2.17. The summed E-state index contributed by atoms with van der Waals surface area (Å²) < 4.78 is 14.8. The van der Waals surface area contributed by atoms with Crippen molar-refractivity contribution in [3.63, 3.8) is 0 Å². The molecule has 0 spiro atoms. The van der Waals surface area contributed by atoms with Gasteiger partial charge in [-0.05, 0) is 26.3 Å². The van der Waals surface area contributed by atoms with Crippen molar-refractivity contribution in [2.75, 3.05) is 0 Å². The van der Waals surface area contributed by atoms with Crippen LogP contribution in [0.15, 0.2) is 43.0 Å². The van der Waals surface area contributed by atoms with Gasteiger partial charge in [-0.15, -0.1) is 6.58 Å². The lowest BCUT2D eigenvalue weighted by Gasteiger charge is -2.22. The smallest absolute Gasteiger partial charge is 0.0978 e. The Balaban J connectivity index is 2.79. The summed E-state index contributed by atoms with van der Waals surface area (Å²) in [7, 11) is -1.09. The van der Waals surface area contributed by atoms with Crippen molar-refractivity contribution in [1.29, 1.82) is 0 Å². The average molecular weight is 237 g/mol. The fourth-order valence-electron chi connectivity index (χ4n) is 1.20. The van der Waals surface area contributed by atoms with E-state index in [4.69, 9.17) is 0 Å². The highest BCUT2D eigenvalue weighted by molar-refractivity contribution is 7.84. The normalized spacial score (nSPS) is 15.4. The van der Waals surface area contributed by atoms with Gasteiger partial charge in [0.1, 0.15) is 0 Å². The molecule has 1 aromatic rings. The summed E-state index contributed by atoms with van der Waals surface area (Å²) in [5, 5.41) is 0. The van der Waals surface area contributed by atoms with Crippen LogP contribution in [0, 0.1) is 0 Å². The third-order valence-electron chi connectivity index (χ3n) is 2.18. The minimum atomic E-state index is -1.09. The molecule has 0 bridgehead atoms. The van der Waals surface area contributed by atoms with Gasteiger partial charge in [-0.25, -0.2) is 8.93 Å². The van der Waals surface area contributed by atoms with Gasteiger partial charge in [0, 0.05) is 0 Å². The molecule has 0 aromatic heterocycles. The van der Waals surface area contributed by atoms with Crippen LogP contribution in [0.2, 0.25) is 0 Å². The minimum absolute atomic E-state index is 0.0683. The molecule has 88 valence electrons. The minimum Gasteiger partial charge on any atom is -0.242 e. The lowest BCUT2D eigenvalue weighted by molar-refractivity contribution is 0.626.